The van der Waals surface area contributed by atoms with Gasteiger partial charge in [0.2, 0.25) is 0 Å². The van der Waals surface area contributed by atoms with E-state index < -0.39 is 9.84 Å². The Hall–Kier alpha value is -0.130. The largest absolute Gasteiger partial charge is 0.329 e. The second-order valence-electron chi connectivity index (χ2n) is 5.55. The molecule has 1 aliphatic carbocycles. The second kappa shape index (κ2) is 4.86. The quantitative estimate of drug-likeness (QED) is 0.793. The molecule has 100 valence electrons. The van der Waals surface area contributed by atoms with Gasteiger partial charge in [-0.15, -0.1) is 0 Å². The smallest absolute Gasteiger partial charge is 0.152 e. The molecule has 1 saturated heterocycles. The lowest BCUT2D eigenvalue weighted by atomic mass is 9.92. The fourth-order valence-corrected chi connectivity index (χ4v) is 5.09. The highest BCUT2D eigenvalue weighted by atomic mass is 32.2. The third-order valence-corrected chi connectivity index (χ3v) is 5.92. The summed E-state index contributed by atoms with van der Waals surface area (Å²) in [4.78, 5) is 2.41. The highest BCUT2D eigenvalue weighted by molar-refractivity contribution is 7.91. The van der Waals surface area contributed by atoms with Gasteiger partial charge in [0.15, 0.2) is 9.84 Å². The van der Waals surface area contributed by atoms with E-state index in [0.29, 0.717) is 18.3 Å². The van der Waals surface area contributed by atoms with Gasteiger partial charge >= 0.3 is 0 Å². The summed E-state index contributed by atoms with van der Waals surface area (Å²) in [5.41, 5.74) is 5.68. The minimum absolute atomic E-state index is 0.270. The van der Waals surface area contributed by atoms with Gasteiger partial charge in [0, 0.05) is 18.1 Å². The summed E-state index contributed by atoms with van der Waals surface area (Å²) < 4.78 is 23.8. The van der Waals surface area contributed by atoms with Crippen LogP contribution in [0, 0.1) is 0 Å². The zero-order valence-corrected chi connectivity index (χ0v) is 11.5. The Balaban J connectivity index is 2.21. The third kappa shape index (κ3) is 2.83. The van der Waals surface area contributed by atoms with Gasteiger partial charge in [0.05, 0.1) is 11.5 Å². The number of rotatable bonds is 5. The van der Waals surface area contributed by atoms with Crippen molar-refractivity contribution in [3.63, 3.8) is 0 Å². The van der Waals surface area contributed by atoms with E-state index in [1.54, 1.807) is 0 Å². The first kappa shape index (κ1) is 13.3. The second-order valence-corrected chi connectivity index (χ2v) is 7.73. The molecule has 0 aromatic rings. The molecule has 0 radical (unpaired) electrons. The average Bonchev–Trinajstić information content (AvgIpc) is 3.08. The number of nitrogens with zero attached hydrogens (tertiary/aromatic N) is 1. The van der Waals surface area contributed by atoms with E-state index in [2.05, 4.69) is 11.8 Å². The summed E-state index contributed by atoms with van der Waals surface area (Å²) in [5.74, 6) is 0.617. The van der Waals surface area contributed by atoms with E-state index in [4.69, 9.17) is 5.73 Å². The standard InChI is InChI=1S/C12H24N2O2S/c1-2-7-14(11-4-5-11)12(9-13)6-3-8-17(15,16)10-12/h11H,2-10,13H2,1H3. The SMILES string of the molecule is CCCN(C1CC1)C1(CN)CCCS(=O)(=O)C1. The van der Waals surface area contributed by atoms with Crippen LogP contribution in [-0.2, 0) is 9.84 Å². The van der Waals surface area contributed by atoms with E-state index in [0.717, 1.165) is 25.8 Å². The van der Waals surface area contributed by atoms with Gasteiger partial charge in [-0.1, -0.05) is 6.92 Å². The van der Waals surface area contributed by atoms with E-state index in [1.807, 2.05) is 0 Å². The number of nitrogens with two attached hydrogens (primary N) is 1. The number of hydrogen-bond donors (Lipinski definition) is 1. The van der Waals surface area contributed by atoms with Gasteiger partial charge < -0.3 is 5.73 Å². The van der Waals surface area contributed by atoms with E-state index in [9.17, 15) is 8.42 Å². The topological polar surface area (TPSA) is 63.4 Å². The molecule has 1 aliphatic heterocycles. The maximum Gasteiger partial charge on any atom is 0.152 e. The van der Waals surface area contributed by atoms with E-state index >= 15 is 0 Å². The first-order chi connectivity index (χ1) is 8.03. The number of hydrogen-bond acceptors (Lipinski definition) is 4. The average molecular weight is 260 g/mol. The predicted molar refractivity (Wildman–Crippen MR) is 69.7 cm³/mol. The van der Waals surface area contributed by atoms with E-state index in [1.165, 1.54) is 12.8 Å². The molecule has 2 aliphatic rings. The fourth-order valence-electron chi connectivity index (χ4n) is 3.11. The van der Waals surface area contributed by atoms with Crippen LogP contribution in [0.5, 0.6) is 0 Å². The van der Waals surface area contributed by atoms with Crippen LogP contribution in [0.25, 0.3) is 0 Å². The van der Waals surface area contributed by atoms with Crippen LogP contribution >= 0.6 is 0 Å². The molecule has 0 spiro atoms. The lowest BCUT2D eigenvalue weighted by Crippen LogP contribution is -2.61. The Bertz CT molecular complexity index is 365. The first-order valence-corrected chi connectivity index (χ1v) is 8.52. The predicted octanol–water partition coefficient (Wildman–Crippen LogP) is 0.767. The van der Waals surface area contributed by atoms with Gasteiger partial charge in [-0.3, -0.25) is 4.90 Å². The van der Waals surface area contributed by atoms with Gasteiger partial charge in [-0.2, -0.15) is 0 Å². The van der Waals surface area contributed by atoms with Crippen LogP contribution in [0.3, 0.4) is 0 Å². The van der Waals surface area contributed by atoms with Gasteiger partial charge in [-0.05, 0) is 38.6 Å². The lowest BCUT2D eigenvalue weighted by Gasteiger charge is -2.45. The Morgan fingerprint density at radius 3 is 2.59 bits per heavy atom. The van der Waals surface area contributed by atoms with E-state index in [-0.39, 0.29) is 11.3 Å². The molecule has 5 heteroatoms. The van der Waals surface area contributed by atoms with Crippen molar-refractivity contribution in [2.24, 2.45) is 5.73 Å². The molecule has 0 aromatic carbocycles. The summed E-state index contributed by atoms with van der Waals surface area (Å²) in [7, 11) is -2.89. The molecule has 2 fully saturated rings. The summed E-state index contributed by atoms with van der Waals surface area (Å²) in [6, 6.07) is 0.590. The fraction of sp³-hybridized carbons (Fsp3) is 1.00. The minimum Gasteiger partial charge on any atom is -0.329 e. The Labute approximate surface area is 104 Å². The Morgan fingerprint density at radius 1 is 1.41 bits per heavy atom. The van der Waals surface area contributed by atoms with Crippen molar-refractivity contribution in [2.45, 2.75) is 50.6 Å². The molecule has 0 aromatic heterocycles. The highest BCUT2D eigenvalue weighted by Gasteiger charge is 2.47. The number of sulfone groups is 1. The van der Waals surface area contributed by atoms with Gasteiger partial charge in [0.1, 0.15) is 0 Å². The van der Waals surface area contributed by atoms with Crippen molar-refractivity contribution in [3.05, 3.63) is 0 Å². The van der Waals surface area contributed by atoms with Crippen molar-refractivity contribution >= 4 is 9.84 Å². The maximum absolute atomic E-state index is 11.9. The van der Waals surface area contributed by atoms with Crippen LogP contribution in [0.2, 0.25) is 0 Å². The highest BCUT2D eigenvalue weighted by Crippen LogP contribution is 2.37. The molecule has 17 heavy (non-hydrogen) atoms. The zero-order chi connectivity index (χ0) is 12.5. The minimum atomic E-state index is -2.89. The molecule has 2 N–H and O–H groups in total. The monoisotopic (exact) mass is 260 g/mol. The van der Waals surface area contributed by atoms with Crippen molar-refractivity contribution in [3.8, 4) is 0 Å². The van der Waals surface area contributed by atoms with Crippen LogP contribution in [0.4, 0.5) is 0 Å². The molecule has 1 heterocycles. The molecule has 0 amide bonds. The van der Waals surface area contributed by atoms with Gasteiger partial charge in [-0.25, -0.2) is 8.42 Å². The molecule has 1 unspecified atom stereocenters. The molecular formula is C12H24N2O2S. The van der Waals surface area contributed by atoms with Crippen LogP contribution in [-0.4, -0.2) is 49.5 Å². The van der Waals surface area contributed by atoms with Gasteiger partial charge in [0.25, 0.3) is 0 Å². The summed E-state index contributed by atoms with van der Waals surface area (Å²) in [6.45, 7) is 3.61. The molecule has 0 bridgehead atoms. The third-order valence-electron chi connectivity index (χ3n) is 4.03. The van der Waals surface area contributed by atoms with Crippen LogP contribution in [0.15, 0.2) is 0 Å². The zero-order valence-electron chi connectivity index (χ0n) is 10.7. The van der Waals surface area contributed by atoms with Crippen LogP contribution in [0.1, 0.15) is 39.0 Å². The Morgan fingerprint density at radius 2 is 2.12 bits per heavy atom. The molecule has 1 saturated carbocycles. The summed E-state index contributed by atoms with van der Waals surface area (Å²) in [5, 5.41) is 0. The summed E-state index contributed by atoms with van der Waals surface area (Å²) in [6.07, 6.45) is 5.20. The normalized spacial score (nSPS) is 32.9. The Kier molecular flexibility index (Phi) is 3.80. The maximum atomic E-state index is 11.9. The molecule has 4 nitrogen and oxygen atoms in total. The lowest BCUT2D eigenvalue weighted by molar-refractivity contribution is 0.0906. The molecular weight excluding hydrogens is 236 g/mol. The van der Waals surface area contributed by atoms with Crippen molar-refractivity contribution < 1.29 is 8.42 Å². The van der Waals surface area contributed by atoms with Crippen LogP contribution < -0.4 is 5.73 Å². The van der Waals surface area contributed by atoms with Crippen molar-refractivity contribution in [1.82, 2.24) is 4.90 Å². The van der Waals surface area contributed by atoms with Crippen molar-refractivity contribution in [2.75, 3.05) is 24.6 Å². The first-order valence-electron chi connectivity index (χ1n) is 6.70. The molecule has 1 atom stereocenters. The molecule has 2 rings (SSSR count). The van der Waals surface area contributed by atoms with Crippen molar-refractivity contribution in [1.29, 1.82) is 0 Å². The summed E-state index contributed by atoms with van der Waals surface area (Å²) >= 11 is 0.